The summed E-state index contributed by atoms with van der Waals surface area (Å²) < 4.78 is 10.8. The van der Waals surface area contributed by atoms with Crippen molar-refractivity contribution in [1.29, 1.82) is 0 Å². The van der Waals surface area contributed by atoms with Crippen LogP contribution >= 0.6 is 0 Å². The van der Waals surface area contributed by atoms with E-state index in [0.29, 0.717) is 17.2 Å². The number of carbonyl (C=O) groups is 1. The van der Waals surface area contributed by atoms with Crippen LogP contribution in [0.25, 0.3) is 10.9 Å². The fourth-order valence-corrected chi connectivity index (χ4v) is 2.40. The Labute approximate surface area is 140 Å². The van der Waals surface area contributed by atoms with Crippen LogP contribution in [0.5, 0.6) is 11.5 Å². The summed E-state index contributed by atoms with van der Waals surface area (Å²) >= 11 is 0. The lowest BCUT2D eigenvalue weighted by atomic mass is 10.2. The number of ether oxygens (including phenoxy) is 2. The van der Waals surface area contributed by atoms with E-state index < -0.39 is 0 Å². The number of pyridine rings is 1. The van der Waals surface area contributed by atoms with Crippen LogP contribution in [0.3, 0.4) is 0 Å². The van der Waals surface area contributed by atoms with Gasteiger partial charge in [-0.15, -0.1) is 0 Å². The van der Waals surface area contributed by atoms with Crippen LogP contribution in [-0.4, -0.2) is 24.6 Å². The molecule has 1 heterocycles. The summed E-state index contributed by atoms with van der Waals surface area (Å²) in [6, 6.07) is 15.0. The monoisotopic (exact) mass is 322 g/mol. The normalized spacial score (nSPS) is 10.4. The van der Waals surface area contributed by atoms with E-state index in [1.54, 1.807) is 19.4 Å². The SMILES string of the molecule is COc1ccc(C)cc1NC(=O)COc1ccc2ncccc2c1. The number of hydrogen-bond donors (Lipinski definition) is 1. The molecule has 24 heavy (non-hydrogen) atoms. The molecule has 0 aliphatic heterocycles. The van der Waals surface area contributed by atoms with Crippen molar-refractivity contribution in [3.8, 4) is 11.5 Å². The second-order valence-electron chi connectivity index (χ2n) is 5.40. The second kappa shape index (κ2) is 7.00. The predicted octanol–water partition coefficient (Wildman–Crippen LogP) is 3.57. The molecule has 0 atom stereocenters. The fraction of sp³-hybridized carbons (Fsp3) is 0.158. The van der Waals surface area contributed by atoms with Gasteiger partial charge < -0.3 is 14.8 Å². The van der Waals surface area contributed by atoms with Crippen molar-refractivity contribution in [3.05, 3.63) is 60.3 Å². The first-order chi connectivity index (χ1) is 11.7. The Morgan fingerprint density at radius 1 is 1.17 bits per heavy atom. The molecule has 0 aliphatic rings. The number of nitrogens with one attached hydrogen (secondary N) is 1. The maximum atomic E-state index is 12.1. The molecule has 0 bridgehead atoms. The highest BCUT2D eigenvalue weighted by Gasteiger charge is 2.09. The maximum absolute atomic E-state index is 12.1. The predicted molar refractivity (Wildman–Crippen MR) is 93.6 cm³/mol. The minimum atomic E-state index is -0.245. The summed E-state index contributed by atoms with van der Waals surface area (Å²) in [5.74, 6) is 0.998. The molecule has 122 valence electrons. The fourth-order valence-electron chi connectivity index (χ4n) is 2.40. The van der Waals surface area contributed by atoms with E-state index in [-0.39, 0.29) is 12.5 Å². The molecule has 3 rings (SSSR count). The van der Waals surface area contributed by atoms with Gasteiger partial charge >= 0.3 is 0 Å². The van der Waals surface area contributed by atoms with E-state index in [0.717, 1.165) is 16.5 Å². The molecule has 0 spiro atoms. The molecule has 0 unspecified atom stereocenters. The zero-order valence-electron chi connectivity index (χ0n) is 13.6. The minimum Gasteiger partial charge on any atom is -0.495 e. The van der Waals surface area contributed by atoms with Gasteiger partial charge in [-0.3, -0.25) is 9.78 Å². The van der Waals surface area contributed by atoms with Gasteiger partial charge in [0.1, 0.15) is 11.5 Å². The Bertz CT molecular complexity index is 877. The van der Waals surface area contributed by atoms with Crippen molar-refractivity contribution in [2.75, 3.05) is 19.0 Å². The second-order valence-corrected chi connectivity index (χ2v) is 5.40. The highest BCUT2D eigenvalue weighted by Crippen LogP contribution is 2.25. The first-order valence-electron chi connectivity index (χ1n) is 7.58. The average Bonchev–Trinajstić information content (AvgIpc) is 2.60. The van der Waals surface area contributed by atoms with Gasteiger partial charge in [0.2, 0.25) is 0 Å². The number of fused-ring (bicyclic) bond motifs is 1. The van der Waals surface area contributed by atoms with Crippen molar-refractivity contribution in [2.45, 2.75) is 6.92 Å². The molecule has 1 N–H and O–H groups in total. The van der Waals surface area contributed by atoms with Gasteiger partial charge in [0.25, 0.3) is 5.91 Å². The Hall–Kier alpha value is -3.08. The minimum absolute atomic E-state index is 0.0805. The van der Waals surface area contributed by atoms with Gasteiger partial charge in [-0.2, -0.15) is 0 Å². The van der Waals surface area contributed by atoms with Gasteiger partial charge in [-0.25, -0.2) is 0 Å². The highest BCUT2D eigenvalue weighted by molar-refractivity contribution is 5.93. The van der Waals surface area contributed by atoms with E-state index in [1.165, 1.54) is 0 Å². The number of aryl methyl sites for hydroxylation is 1. The number of methoxy groups -OCH3 is 1. The molecule has 0 radical (unpaired) electrons. The van der Waals surface area contributed by atoms with Crippen molar-refractivity contribution in [1.82, 2.24) is 4.98 Å². The van der Waals surface area contributed by atoms with Crippen LogP contribution in [0, 0.1) is 6.92 Å². The Morgan fingerprint density at radius 3 is 2.88 bits per heavy atom. The van der Waals surface area contributed by atoms with Crippen molar-refractivity contribution in [2.24, 2.45) is 0 Å². The van der Waals surface area contributed by atoms with Crippen LogP contribution in [0.2, 0.25) is 0 Å². The first-order valence-corrected chi connectivity index (χ1v) is 7.58. The molecule has 2 aromatic carbocycles. The van der Waals surface area contributed by atoms with E-state index >= 15 is 0 Å². The molecule has 5 nitrogen and oxygen atoms in total. The molecule has 0 saturated carbocycles. The van der Waals surface area contributed by atoms with Gasteiger partial charge in [0.15, 0.2) is 6.61 Å². The Morgan fingerprint density at radius 2 is 2.04 bits per heavy atom. The molecule has 0 aliphatic carbocycles. The van der Waals surface area contributed by atoms with Gasteiger partial charge in [-0.05, 0) is 48.9 Å². The summed E-state index contributed by atoms with van der Waals surface area (Å²) in [5, 5.41) is 3.78. The standard InChI is InChI=1S/C19H18N2O3/c1-13-5-8-18(23-2)17(10-13)21-19(22)12-24-15-6-7-16-14(11-15)4-3-9-20-16/h3-11H,12H2,1-2H3,(H,21,22). The number of hydrogen-bond acceptors (Lipinski definition) is 4. The number of anilines is 1. The molecular weight excluding hydrogens is 304 g/mol. The quantitative estimate of drug-likeness (QED) is 0.780. The average molecular weight is 322 g/mol. The van der Waals surface area contributed by atoms with Crippen LogP contribution in [-0.2, 0) is 4.79 Å². The van der Waals surface area contributed by atoms with Gasteiger partial charge in [0, 0.05) is 11.6 Å². The number of rotatable bonds is 5. The highest BCUT2D eigenvalue weighted by atomic mass is 16.5. The summed E-state index contributed by atoms with van der Waals surface area (Å²) in [7, 11) is 1.57. The van der Waals surface area contributed by atoms with Crippen molar-refractivity contribution >= 4 is 22.5 Å². The van der Waals surface area contributed by atoms with E-state index in [9.17, 15) is 4.79 Å². The summed E-state index contributed by atoms with van der Waals surface area (Å²) in [6.45, 7) is 1.87. The molecule has 0 saturated heterocycles. The topological polar surface area (TPSA) is 60.5 Å². The van der Waals surface area contributed by atoms with Crippen molar-refractivity contribution < 1.29 is 14.3 Å². The lowest BCUT2D eigenvalue weighted by Crippen LogP contribution is -2.20. The summed E-state index contributed by atoms with van der Waals surface area (Å²) in [5.41, 5.74) is 2.56. The molecule has 1 aromatic heterocycles. The lowest BCUT2D eigenvalue weighted by molar-refractivity contribution is -0.118. The number of carbonyl (C=O) groups excluding carboxylic acids is 1. The zero-order valence-corrected chi connectivity index (χ0v) is 13.6. The maximum Gasteiger partial charge on any atom is 0.262 e. The number of aromatic nitrogens is 1. The summed E-state index contributed by atoms with van der Waals surface area (Å²) in [6.07, 6.45) is 1.74. The number of benzene rings is 2. The largest absolute Gasteiger partial charge is 0.495 e. The smallest absolute Gasteiger partial charge is 0.262 e. The summed E-state index contributed by atoms with van der Waals surface area (Å²) in [4.78, 5) is 16.4. The first kappa shape index (κ1) is 15.8. The van der Waals surface area contributed by atoms with E-state index in [2.05, 4.69) is 10.3 Å². The van der Waals surface area contributed by atoms with Crippen LogP contribution in [0.4, 0.5) is 5.69 Å². The zero-order chi connectivity index (χ0) is 16.9. The molecule has 1 amide bonds. The lowest BCUT2D eigenvalue weighted by Gasteiger charge is -2.12. The Balaban J connectivity index is 1.65. The molecule has 3 aromatic rings. The third-order valence-corrected chi connectivity index (χ3v) is 3.57. The Kier molecular flexibility index (Phi) is 4.61. The number of nitrogens with zero attached hydrogens (tertiary/aromatic N) is 1. The molecule has 5 heteroatoms. The molecule has 0 fully saturated rings. The molecular formula is C19H18N2O3. The van der Waals surface area contributed by atoms with E-state index in [4.69, 9.17) is 9.47 Å². The van der Waals surface area contributed by atoms with Crippen molar-refractivity contribution in [3.63, 3.8) is 0 Å². The third kappa shape index (κ3) is 3.63. The third-order valence-electron chi connectivity index (χ3n) is 3.57. The van der Waals surface area contributed by atoms with E-state index in [1.807, 2.05) is 49.4 Å². The van der Waals surface area contributed by atoms with Gasteiger partial charge in [0.05, 0.1) is 18.3 Å². The number of amides is 1. The van der Waals surface area contributed by atoms with Crippen LogP contribution in [0.1, 0.15) is 5.56 Å². The van der Waals surface area contributed by atoms with Crippen LogP contribution < -0.4 is 14.8 Å². The van der Waals surface area contributed by atoms with Crippen LogP contribution in [0.15, 0.2) is 54.7 Å². The van der Waals surface area contributed by atoms with Gasteiger partial charge in [-0.1, -0.05) is 12.1 Å².